The van der Waals surface area contributed by atoms with Crippen LogP contribution < -0.4 is 10.6 Å². The minimum Gasteiger partial charge on any atom is -0.369 e. The van der Waals surface area contributed by atoms with Crippen LogP contribution in [0.3, 0.4) is 0 Å². The topological polar surface area (TPSA) is 76.6 Å². The third-order valence-corrected chi connectivity index (χ3v) is 6.21. The lowest BCUT2D eigenvalue weighted by molar-refractivity contribution is -0.137. The largest absolute Gasteiger partial charge is 0.416 e. The first-order valence-electron chi connectivity index (χ1n) is 12.3. The predicted octanol–water partition coefficient (Wildman–Crippen LogP) is 4.36. The number of amides is 2. The molecule has 2 heterocycles. The Morgan fingerprint density at radius 3 is 2.38 bits per heavy atom. The molecular weight excluding hydrogens is 483 g/mol. The monoisotopic (exact) mass is 515 g/mol. The molecule has 3 aromatic rings. The number of hydrogen-bond donors (Lipinski definition) is 2. The van der Waals surface area contributed by atoms with E-state index in [1.54, 1.807) is 4.90 Å². The van der Waals surface area contributed by atoms with Crippen LogP contribution in [0.1, 0.15) is 17.8 Å². The minimum absolute atomic E-state index is 0.328. The molecule has 0 aliphatic carbocycles. The fourth-order valence-electron chi connectivity index (χ4n) is 4.19. The summed E-state index contributed by atoms with van der Waals surface area (Å²) in [6.45, 7) is 4.63. The van der Waals surface area contributed by atoms with Crippen LogP contribution in [-0.4, -0.2) is 84.1 Å². The lowest BCUT2D eigenvalue weighted by Crippen LogP contribution is -2.49. The number of carbonyl (C=O) groups excluding carboxylic acids is 1. The van der Waals surface area contributed by atoms with E-state index < -0.39 is 11.7 Å². The van der Waals surface area contributed by atoms with Gasteiger partial charge in [-0.15, -0.1) is 0 Å². The van der Waals surface area contributed by atoms with Crippen molar-refractivity contribution in [3.8, 4) is 0 Å². The Kier molecular flexibility index (Phi) is 8.45. The van der Waals surface area contributed by atoms with Gasteiger partial charge in [0.1, 0.15) is 11.6 Å². The van der Waals surface area contributed by atoms with Gasteiger partial charge >= 0.3 is 12.2 Å². The average molecular weight is 516 g/mol. The van der Waals surface area contributed by atoms with Gasteiger partial charge in [0.2, 0.25) is 0 Å². The molecule has 11 heteroatoms. The molecule has 37 heavy (non-hydrogen) atoms. The summed E-state index contributed by atoms with van der Waals surface area (Å²) in [5, 5.41) is 7.12. The van der Waals surface area contributed by atoms with E-state index in [0.29, 0.717) is 38.4 Å². The third-order valence-electron chi connectivity index (χ3n) is 6.21. The van der Waals surface area contributed by atoms with Gasteiger partial charge in [-0.25, -0.2) is 14.8 Å². The predicted molar refractivity (Wildman–Crippen MR) is 139 cm³/mol. The van der Waals surface area contributed by atoms with Crippen LogP contribution in [0.25, 0.3) is 10.9 Å². The summed E-state index contributed by atoms with van der Waals surface area (Å²) in [5.41, 5.74) is 0.467. The molecule has 1 fully saturated rings. The van der Waals surface area contributed by atoms with E-state index in [1.165, 1.54) is 12.1 Å². The van der Waals surface area contributed by atoms with Crippen LogP contribution in [-0.2, 0) is 12.7 Å². The zero-order valence-electron chi connectivity index (χ0n) is 21.1. The molecule has 4 rings (SSSR count). The number of carbonyl (C=O) groups is 1. The Morgan fingerprint density at radius 2 is 1.70 bits per heavy atom. The van der Waals surface area contributed by atoms with Crippen molar-refractivity contribution in [1.29, 1.82) is 0 Å². The normalized spacial score (nSPS) is 14.8. The maximum Gasteiger partial charge on any atom is 0.416 e. The molecule has 1 aliphatic rings. The van der Waals surface area contributed by atoms with Gasteiger partial charge in [0.15, 0.2) is 0 Å². The van der Waals surface area contributed by atoms with Crippen molar-refractivity contribution in [3.05, 3.63) is 59.9 Å². The Balaban J connectivity index is 1.32. The second-order valence-electron chi connectivity index (χ2n) is 9.36. The number of nitrogens with zero attached hydrogens (tertiary/aromatic N) is 5. The van der Waals surface area contributed by atoms with Crippen LogP contribution in [0.15, 0.2) is 48.5 Å². The first kappa shape index (κ1) is 26.6. The van der Waals surface area contributed by atoms with Crippen molar-refractivity contribution in [3.63, 3.8) is 0 Å². The highest BCUT2D eigenvalue weighted by molar-refractivity contribution is 5.90. The molecule has 2 N–H and O–H groups in total. The maximum absolute atomic E-state index is 12.7. The third kappa shape index (κ3) is 7.30. The summed E-state index contributed by atoms with van der Waals surface area (Å²) in [6.07, 6.45) is -3.41. The fraction of sp³-hybridized carbons (Fsp3) is 0.423. The zero-order chi connectivity index (χ0) is 26.4. The Morgan fingerprint density at radius 1 is 1.00 bits per heavy atom. The molecular formula is C26H32F3N7O. The number of piperazine rings is 1. The highest BCUT2D eigenvalue weighted by atomic mass is 19.4. The van der Waals surface area contributed by atoms with Crippen LogP contribution in [0.4, 0.5) is 29.5 Å². The summed E-state index contributed by atoms with van der Waals surface area (Å²) in [5.74, 6) is 1.55. The summed E-state index contributed by atoms with van der Waals surface area (Å²) in [4.78, 5) is 28.2. The van der Waals surface area contributed by atoms with Crippen LogP contribution >= 0.6 is 0 Å². The van der Waals surface area contributed by atoms with E-state index in [0.717, 1.165) is 54.2 Å². The first-order valence-corrected chi connectivity index (χ1v) is 12.3. The molecule has 0 saturated carbocycles. The lowest BCUT2D eigenvalue weighted by atomic mass is 10.2. The SMILES string of the molecule is CN(C)CCCNc1nc(CN2CCN(C(=O)Nc3ccc(C(F)(F)F)cc3)CC2)nc2ccccc12. The van der Waals surface area contributed by atoms with Crippen molar-refractivity contribution in [2.24, 2.45) is 0 Å². The zero-order valence-corrected chi connectivity index (χ0v) is 21.1. The summed E-state index contributed by atoms with van der Waals surface area (Å²) in [6, 6.07) is 12.1. The molecule has 0 bridgehead atoms. The number of urea groups is 1. The Hall–Kier alpha value is -3.44. The molecule has 1 aliphatic heterocycles. The summed E-state index contributed by atoms with van der Waals surface area (Å²) < 4.78 is 38.2. The number of rotatable bonds is 8. The van der Waals surface area contributed by atoms with Crippen molar-refractivity contribution < 1.29 is 18.0 Å². The first-order chi connectivity index (χ1) is 17.7. The van der Waals surface area contributed by atoms with E-state index in [-0.39, 0.29) is 6.03 Å². The maximum atomic E-state index is 12.7. The van der Waals surface area contributed by atoms with E-state index in [1.807, 2.05) is 24.3 Å². The van der Waals surface area contributed by atoms with Gasteiger partial charge in [-0.05, 0) is 63.5 Å². The fourth-order valence-corrected chi connectivity index (χ4v) is 4.19. The van der Waals surface area contributed by atoms with Gasteiger partial charge < -0.3 is 20.4 Å². The molecule has 0 atom stereocenters. The summed E-state index contributed by atoms with van der Waals surface area (Å²) >= 11 is 0. The average Bonchev–Trinajstić information content (AvgIpc) is 2.86. The van der Waals surface area contributed by atoms with Crippen molar-refractivity contribution in [2.75, 3.05) is 64.0 Å². The van der Waals surface area contributed by atoms with Crippen LogP contribution in [0.5, 0.6) is 0 Å². The van der Waals surface area contributed by atoms with Crippen LogP contribution in [0.2, 0.25) is 0 Å². The summed E-state index contributed by atoms with van der Waals surface area (Å²) in [7, 11) is 4.10. The van der Waals surface area contributed by atoms with E-state index in [2.05, 4.69) is 34.5 Å². The van der Waals surface area contributed by atoms with E-state index >= 15 is 0 Å². The molecule has 2 amide bonds. The number of hydrogen-bond acceptors (Lipinski definition) is 6. The quantitative estimate of drug-likeness (QED) is 0.434. The molecule has 1 saturated heterocycles. The van der Waals surface area contributed by atoms with E-state index in [4.69, 9.17) is 9.97 Å². The minimum atomic E-state index is -4.41. The highest BCUT2D eigenvalue weighted by Gasteiger charge is 2.30. The number of anilines is 2. The van der Waals surface area contributed by atoms with Gasteiger partial charge in [-0.3, -0.25) is 4.90 Å². The molecule has 0 radical (unpaired) electrons. The second kappa shape index (κ2) is 11.7. The number of aromatic nitrogens is 2. The van der Waals surface area contributed by atoms with Gasteiger partial charge in [0, 0.05) is 43.8 Å². The number of halogens is 3. The molecule has 198 valence electrons. The second-order valence-corrected chi connectivity index (χ2v) is 9.36. The van der Waals surface area contributed by atoms with Crippen molar-refractivity contribution >= 4 is 28.4 Å². The van der Waals surface area contributed by atoms with Gasteiger partial charge in [-0.1, -0.05) is 12.1 Å². The highest BCUT2D eigenvalue weighted by Crippen LogP contribution is 2.30. The number of nitrogens with one attached hydrogen (secondary N) is 2. The Bertz CT molecular complexity index is 1190. The standard InChI is InChI=1S/C26H32F3N7O/c1-34(2)13-5-12-30-24-21-6-3-4-7-22(21)32-23(33-24)18-35-14-16-36(17-15-35)25(37)31-20-10-8-19(9-11-20)26(27,28)29/h3-4,6-11H,5,12-18H2,1-2H3,(H,31,37)(H,30,32,33). The number of para-hydroxylation sites is 1. The number of fused-ring (bicyclic) bond motifs is 1. The number of benzene rings is 2. The molecule has 1 aromatic heterocycles. The Labute approximate surface area is 214 Å². The van der Waals surface area contributed by atoms with Gasteiger partial charge in [0.05, 0.1) is 17.6 Å². The molecule has 2 aromatic carbocycles. The molecule has 0 unspecified atom stereocenters. The van der Waals surface area contributed by atoms with E-state index in [9.17, 15) is 18.0 Å². The smallest absolute Gasteiger partial charge is 0.369 e. The number of alkyl halides is 3. The van der Waals surface area contributed by atoms with Crippen LogP contribution in [0, 0.1) is 0 Å². The molecule has 8 nitrogen and oxygen atoms in total. The van der Waals surface area contributed by atoms with Crippen molar-refractivity contribution in [2.45, 2.75) is 19.1 Å². The van der Waals surface area contributed by atoms with Gasteiger partial charge in [-0.2, -0.15) is 13.2 Å². The lowest BCUT2D eigenvalue weighted by Gasteiger charge is -2.34. The molecule has 0 spiro atoms. The van der Waals surface area contributed by atoms with Gasteiger partial charge in [0.25, 0.3) is 0 Å². The van der Waals surface area contributed by atoms with Crippen molar-refractivity contribution in [1.82, 2.24) is 24.7 Å².